The molecule has 0 aliphatic carbocycles. The molecule has 1 unspecified atom stereocenters. The van der Waals surface area contributed by atoms with Gasteiger partial charge in [-0.25, -0.2) is 0 Å². The van der Waals surface area contributed by atoms with E-state index in [1.54, 1.807) is 0 Å². The Morgan fingerprint density at radius 3 is 2.90 bits per heavy atom. The van der Waals surface area contributed by atoms with Crippen LogP contribution in [0.25, 0.3) is 10.9 Å². The highest BCUT2D eigenvalue weighted by molar-refractivity contribution is 5.82. The highest BCUT2D eigenvalue weighted by atomic mass is 14.9. The molecule has 0 amide bonds. The molecule has 1 N–H and O–H groups in total. The maximum Gasteiger partial charge on any atom is 0.0705 e. The minimum absolute atomic E-state index is 0.375. The van der Waals surface area contributed by atoms with Crippen molar-refractivity contribution in [2.45, 2.75) is 39.2 Å². The van der Waals surface area contributed by atoms with E-state index in [0.717, 1.165) is 31.3 Å². The van der Waals surface area contributed by atoms with Crippen LogP contribution in [0.15, 0.2) is 48.7 Å². The van der Waals surface area contributed by atoms with Gasteiger partial charge in [-0.05, 0) is 50.4 Å². The minimum Gasteiger partial charge on any atom is -0.310 e. The molecule has 0 aliphatic rings. The molecule has 1 atom stereocenters. The number of pyridine rings is 1. The molecule has 20 heavy (non-hydrogen) atoms. The first-order valence-corrected chi connectivity index (χ1v) is 7.43. The summed E-state index contributed by atoms with van der Waals surface area (Å²) in [5, 5.41) is 4.92. The van der Waals surface area contributed by atoms with Crippen LogP contribution in [0.3, 0.4) is 0 Å². The van der Waals surface area contributed by atoms with E-state index < -0.39 is 0 Å². The summed E-state index contributed by atoms with van der Waals surface area (Å²) in [5.74, 6) is 0. The lowest BCUT2D eigenvalue weighted by Gasteiger charge is -2.20. The minimum atomic E-state index is 0.375. The molecule has 0 radical (unpaired) electrons. The molecule has 2 rings (SSSR count). The van der Waals surface area contributed by atoms with E-state index >= 15 is 0 Å². The second kappa shape index (κ2) is 7.20. The van der Waals surface area contributed by atoms with Crippen LogP contribution in [0.5, 0.6) is 0 Å². The number of benzene rings is 1. The van der Waals surface area contributed by atoms with Crippen molar-refractivity contribution in [1.29, 1.82) is 0 Å². The van der Waals surface area contributed by atoms with Gasteiger partial charge in [-0.1, -0.05) is 30.7 Å². The van der Waals surface area contributed by atoms with Crippen molar-refractivity contribution in [3.63, 3.8) is 0 Å². The van der Waals surface area contributed by atoms with Gasteiger partial charge in [0.2, 0.25) is 0 Å². The number of hydrogen-bond donors (Lipinski definition) is 1. The van der Waals surface area contributed by atoms with Crippen molar-refractivity contribution in [2.24, 2.45) is 0 Å². The molecule has 0 aliphatic heterocycles. The van der Waals surface area contributed by atoms with Crippen LogP contribution in [-0.4, -0.2) is 11.5 Å². The van der Waals surface area contributed by atoms with E-state index in [2.05, 4.69) is 55.0 Å². The second-order valence-corrected chi connectivity index (χ2v) is 5.42. The van der Waals surface area contributed by atoms with Crippen LogP contribution in [0.2, 0.25) is 0 Å². The summed E-state index contributed by atoms with van der Waals surface area (Å²) in [5.41, 5.74) is 3.67. The molecule has 2 aromatic rings. The van der Waals surface area contributed by atoms with Gasteiger partial charge in [0.1, 0.15) is 0 Å². The second-order valence-electron chi connectivity index (χ2n) is 5.42. The van der Waals surface area contributed by atoms with Crippen molar-refractivity contribution < 1.29 is 0 Å². The Labute approximate surface area is 121 Å². The fourth-order valence-electron chi connectivity index (χ4n) is 2.51. The van der Waals surface area contributed by atoms with Gasteiger partial charge in [-0.2, -0.15) is 0 Å². The van der Waals surface area contributed by atoms with Gasteiger partial charge >= 0.3 is 0 Å². The van der Waals surface area contributed by atoms with Crippen LogP contribution in [0.1, 0.15) is 44.7 Å². The molecule has 0 bridgehead atoms. The average Bonchev–Trinajstić information content (AvgIpc) is 2.47. The van der Waals surface area contributed by atoms with E-state index in [4.69, 9.17) is 0 Å². The first kappa shape index (κ1) is 14.7. The summed E-state index contributed by atoms with van der Waals surface area (Å²) in [6, 6.07) is 11.0. The van der Waals surface area contributed by atoms with Crippen LogP contribution in [-0.2, 0) is 0 Å². The van der Waals surface area contributed by atoms with E-state index in [0.29, 0.717) is 6.04 Å². The van der Waals surface area contributed by atoms with E-state index in [-0.39, 0.29) is 0 Å². The molecule has 0 saturated carbocycles. The van der Waals surface area contributed by atoms with Crippen molar-refractivity contribution in [2.75, 3.05) is 6.54 Å². The molecule has 1 aromatic heterocycles. The maximum absolute atomic E-state index is 4.45. The van der Waals surface area contributed by atoms with E-state index in [1.165, 1.54) is 16.5 Å². The van der Waals surface area contributed by atoms with Gasteiger partial charge in [0, 0.05) is 17.6 Å². The number of fused-ring (bicyclic) bond motifs is 1. The predicted octanol–water partition coefficient (Wildman–Crippen LogP) is 4.63. The molecule has 0 fully saturated rings. The first-order valence-electron chi connectivity index (χ1n) is 7.43. The maximum atomic E-state index is 4.45. The van der Waals surface area contributed by atoms with E-state index in [1.807, 2.05) is 12.3 Å². The Morgan fingerprint density at radius 2 is 2.15 bits per heavy atom. The number of hydrogen-bond acceptors (Lipinski definition) is 2. The quantitative estimate of drug-likeness (QED) is 0.740. The summed E-state index contributed by atoms with van der Waals surface area (Å²) < 4.78 is 0. The largest absolute Gasteiger partial charge is 0.310 e. The van der Waals surface area contributed by atoms with Crippen LogP contribution >= 0.6 is 0 Å². The summed E-state index contributed by atoms with van der Waals surface area (Å²) in [6.45, 7) is 9.36. The van der Waals surface area contributed by atoms with Crippen molar-refractivity contribution >= 4 is 10.9 Å². The van der Waals surface area contributed by atoms with Gasteiger partial charge in [-0.15, -0.1) is 6.58 Å². The Hall–Kier alpha value is -1.67. The summed E-state index contributed by atoms with van der Waals surface area (Å²) in [6.07, 6.45) is 5.14. The monoisotopic (exact) mass is 268 g/mol. The van der Waals surface area contributed by atoms with Crippen LogP contribution in [0, 0.1) is 0 Å². The molecule has 2 nitrogen and oxygen atoms in total. The Kier molecular flexibility index (Phi) is 5.31. The Bertz CT molecular complexity index is 569. The highest BCUT2D eigenvalue weighted by Gasteiger charge is 2.13. The third-order valence-corrected chi connectivity index (χ3v) is 3.56. The number of nitrogens with zero attached hydrogens (tertiary/aromatic N) is 1. The summed E-state index contributed by atoms with van der Waals surface area (Å²) >= 11 is 0. The van der Waals surface area contributed by atoms with Crippen molar-refractivity contribution in [3.8, 4) is 0 Å². The SMILES string of the molecule is C=C(C)CCC(NCCC)c1cccc2ncccc12. The third-order valence-electron chi connectivity index (χ3n) is 3.56. The molecular weight excluding hydrogens is 244 g/mol. The fourth-order valence-corrected chi connectivity index (χ4v) is 2.51. The molecule has 1 aromatic carbocycles. The standard InChI is InChI=1S/C18H24N2/c1-4-12-19-18(11-10-14(2)3)15-7-5-9-17-16(15)8-6-13-20-17/h5-9,13,18-19H,2,4,10-12H2,1,3H3. The van der Waals surface area contributed by atoms with Gasteiger partial charge in [-0.3, -0.25) is 4.98 Å². The van der Waals surface area contributed by atoms with Gasteiger partial charge < -0.3 is 5.32 Å². The molecule has 0 saturated heterocycles. The van der Waals surface area contributed by atoms with Crippen LogP contribution in [0.4, 0.5) is 0 Å². The lowest BCUT2D eigenvalue weighted by atomic mass is 9.96. The van der Waals surface area contributed by atoms with Crippen LogP contribution < -0.4 is 5.32 Å². The zero-order valence-corrected chi connectivity index (χ0v) is 12.5. The normalized spacial score (nSPS) is 12.5. The summed E-state index contributed by atoms with van der Waals surface area (Å²) in [4.78, 5) is 4.45. The average molecular weight is 268 g/mol. The zero-order chi connectivity index (χ0) is 14.4. The van der Waals surface area contributed by atoms with Crippen molar-refractivity contribution in [1.82, 2.24) is 10.3 Å². The molecular formula is C18H24N2. The molecule has 0 spiro atoms. The fraction of sp³-hybridized carbons (Fsp3) is 0.389. The number of rotatable bonds is 7. The first-order chi connectivity index (χ1) is 9.72. The lowest BCUT2D eigenvalue weighted by molar-refractivity contribution is 0.501. The lowest BCUT2D eigenvalue weighted by Crippen LogP contribution is -2.22. The number of aromatic nitrogens is 1. The smallest absolute Gasteiger partial charge is 0.0705 e. The van der Waals surface area contributed by atoms with Gasteiger partial charge in [0.15, 0.2) is 0 Å². The molecule has 2 heteroatoms. The van der Waals surface area contributed by atoms with Gasteiger partial charge in [0.05, 0.1) is 5.52 Å². The topological polar surface area (TPSA) is 24.9 Å². The van der Waals surface area contributed by atoms with Gasteiger partial charge in [0.25, 0.3) is 0 Å². The predicted molar refractivity (Wildman–Crippen MR) is 86.8 cm³/mol. The Morgan fingerprint density at radius 1 is 1.30 bits per heavy atom. The summed E-state index contributed by atoms with van der Waals surface area (Å²) in [7, 11) is 0. The molecule has 1 heterocycles. The van der Waals surface area contributed by atoms with E-state index in [9.17, 15) is 0 Å². The third kappa shape index (κ3) is 3.67. The molecule has 106 valence electrons. The van der Waals surface area contributed by atoms with Crippen molar-refractivity contribution in [3.05, 3.63) is 54.2 Å². The highest BCUT2D eigenvalue weighted by Crippen LogP contribution is 2.27. The zero-order valence-electron chi connectivity index (χ0n) is 12.5. The Balaban J connectivity index is 2.31. The number of allylic oxidation sites excluding steroid dienone is 1. The number of nitrogens with one attached hydrogen (secondary N) is 1.